The zero-order valence-corrected chi connectivity index (χ0v) is 14.2. The van der Waals surface area contributed by atoms with E-state index in [4.69, 9.17) is 5.73 Å². The predicted octanol–water partition coefficient (Wildman–Crippen LogP) is 1.76. The third kappa shape index (κ3) is 3.15. The van der Waals surface area contributed by atoms with E-state index in [1.54, 1.807) is 12.3 Å². The van der Waals surface area contributed by atoms with Crippen LogP contribution >= 0.6 is 0 Å². The Kier molecular flexibility index (Phi) is 4.35. The molecule has 0 amide bonds. The number of halogens is 1. The summed E-state index contributed by atoms with van der Waals surface area (Å²) in [6, 6.07) is 11.3. The van der Waals surface area contributed by atoms with Crippen LogP contribution in [-0.2, 0) is 6.54 Å². The first kappa shape index (κ1) is 16.9. The van der Waals surface area contributed by atoms with Gasteiger partial charge in [-0.1, -0.05) is 24.3 Å². The minimum Gasteiger partial charge on any atom is -0.327 e. The lowest BCUT2D eigenvalue weighted by Gasteiger charge is -2.03. The highest BCUT2D eigenvalue weighted by Gasteiger charge is 2.10. The zero-order chi connectivity index (χ0) is 18.8. The summed E-state index contributed by atoms with van der Waals surface area (Å²) in [6.07, 6.45) is 3.58. The summed E-state index contributed by atoms with van der Waals surface area (Å²) in [5, 5.41) is 10.9. The van der Waals surface area contributed by atoms with Crippen molar-refractivity contribution >= 4 is 5.65 Å². The number of rotatable bonds is 5. The molecule has 3 N–H and O–H groups in total. The molecular formula is C18H16FN7O. The maximum absolute atomic E-state index is 12.7. The standard InChI is InChI=1S/C18H16FN7O/c19-7-12(8-20)9-26-18(27)25-10-15(5-6-16(25)24-26)13-1-3-14(4-2-13)17-21-11-22-23-17/h1-7,10-11H,8-9,20H2,(H,21,22,23)/b12-7+. The maximum Gasteiger partial charge on any atom is 0.350 e. The Morgan fingerprint density at radius 1 is 1.15 bits per heavy atom. The summed E-state index contributed by atoms with van der Waals surface area (Å²) in [7, 11) is 0. The van der Waals surface area contributed by atoms with Crippen LogP contribution in [0.3, 0.4) is 0 Å². The summed E-state index contributed by atoms with van der Waals surface area (Å²) in [5.74, 6) is 0.686. The third-order valence-electron chi connectivity index (χ3n) is 4.25. The monoisotopic (exact) mass is 365 g/mol. The summed E-state index contributed by atoms with van der Waals surface area (Å²) < 4.78 is 15.4. The number of hydrogen-bond acceptors (Lipinski definition) is 5. The number of benzene rings is 1. The molecule has 1 aromatic carbocycles. The van der Waals surface area contributed by atoms with Crippen LogP contribution in [0.15, 0.2) is 65.6 Å². The van der Waals surface area contributed by atoms with Crippen LogP contribution in [0.4, 0.5) is 4.39 Å². The molecule has 0 unspecified atom stereocenters. The van der Waals surface area contributed by atoms with Gasteiger partial charge in [-0.25, -0.2) is 23.3 Å². The lowest BCUT2D eigenvalue weighted by molar-refractivity contribution is 0.616. The molecule has 0 aliphatic rings. The number of aromatic nitrogens is 6. The Bertz CT molecular complexity index is 1160. The second kappa shape index (κ2) is 6.96. The van der Waals surface area contributed by atoms with Gasteiger partial charge in [0.2, 0.25) is 0 Å². The molecule has 0 fully saturated rings. The molecule has 3 aromatic heterocycles. The number of aromatic amines is 1. The number of H-pyrrole nitrogens is 1. The summed E-state index contributed by atoms with van der Waals surface area (Å²) in [6.45, 7) is 0.0499. The van der Waals surface area contributed by atoms with E-state index in [-0.39, 0.29) is 18.8 Å². The highest BCUT2D eigenvalue weighted by molar-refractivity contribution is 5.68. The minimum absolute atomic E-state index is 0.0225. The highest BCUT2D eigenvalue weighted by Crippen LogP contribution is 2.22. The smallest absolute Gasteiger partial charge is 0.327 e. The normalized spacial score (nSPS) is 12.0. The second-order valence-corrected chi connectivity index (χ2v) is 5.97. The van der Waals surface area contributed by atoms with E-state index in [2.05, 4.69) is 20.3 Å². The summed E-state index contributed by atoms with van der Waals surface area (Å²) >= 11 is 0. The lowest BCUT2D eigenvalue weighted by atomic mass is 10.1. The van der Waals surface area contributed by atoms with Crippen LogP contribution in [-0.4, -0.2) is 35.9 Å². The molecule has 4 rings (SSSR count). The van der Waals surface area contributed by atoms with Gasteiger partial charge in [-0.2, -0.15) is 5.10 Å². The molecule has 4 aromatic rings. The average molecular weight is 365 g/mol. The molecular weight excluding hydrogens is 349 g/mol. The fraction of sp³-hybridized carbons (Fsp3) is 0.111. The Morgan fingerprint density at radius 2 is 1.89 bits per heavy atom. The van der Waals surface area contributed by atoms with E-state index in [1.807, 2.05) is 30.3 Å². The van der Waals surface area contributed by atoms with E-state index >= 15 is 0 Å². The SMILES string of the molecule is NC/C(=C\F)Cn1nc2ccc(-c3ccc(-c4ncn[nH]4)cc3)cn2c1=O. The van der Waals surface area contributed by atoms with Crippen LogP contribution in [0.2, 0.25) is 0 Å². The van der Waals surface area contributed by atoms with E-state index in [1.165, 1.54) is 15.4 Å². The van der Waals surface area contributed by atoms with Gasteiger partial charge in [0.05, 0.1) is 12.9 Å². The number of nitrogens with zero attached hydrogens (tertiary/aromatic N) is 5. The van der Waals surface area contributed by atoms with Crippen LogP contribution in [0.1, 0.15) is 0 Å². The molecule has 136 valence electrons. The molecule has 27 heavy (non-hydrogen) atoms. The molecule has 0 saturated carbocycles. The molecule has 8 nitrogen and oxygen atoms in total. The lowest BCUT2D eigenvalue weighted by Crippen LogP contribution is -2.23. The van der Waals surface area contributed by atoms with Gasteiger partial charge in [0.25, 0.3) is 0 Å². The molecule has 0 atom stereocenters. The van der Waals surface area contributed by atoms with Crippen molar-refractivity contribution in [2.45, 2.75) is 6.54 Å². The molecule has 0 bridgehead atoms. The first-order valence-corrected chi connectivity index (χ1v) is 8.23. The van der Waals surface area contributed by atoms with Crippen molar-refractivity contribution < 1.29 is 4.39 Å². The Morgan fingerprint density at radius 3 is 2.56 bits per heavy atom. The van der Waals surface area contributed by atoms with E-state index in [0.29, 0.717) is 23.4 Å². The predicted molar refractivity (Wildman–Crippen MR) is 98.5 cm³/mol. The second-order valence-electron chi connectivity index (χ2n) is 5.97. The van der Waals surface area contributed by atoms with Crippen LogP contribution in [0.25, 0.3) is 28.2 Å². The van der Waals surface area contributed by atoms with Crippen LogP contribution in [0, 0.1) is 0 Å². The van der Waals surface area contributed by atoms with Gasteiger partial charge in [-0.05, 0) is 28.8 Å². The quantitative estimate of drug-likeness (QED) is 0.560. The van der Waals surface area contributed by atoms with Crippen molar-refractivity contribution in [3.63, 3.8) is 0 Å². The van der Waals surface area contributed by atoms with Gasteiger partial charge < -0.3 is 5.73 Å². The van der Waals surface area contributed by atoms with Crippen molar-refractivity contribution in [1.29, 1.82) is 0 Å². The fourth-order valence-corrected chi connectivity index (χ4v) is 2.79. The number of nitrogens with two attached hydrogens (primary N) is 1. The number of pyridine rings is 1. The highest BCUT2D eigenvalue weighted by atomic mass is 19.1. The number of fused-ring (bicyclic) bond motifs is 1. The van der Waals surface area contributed by atoms with Gasteiger partial charge >= 0.3 is 5.69 Å². The average Bonchev–Trinajstić information content (AvgIpc) is 3.35. The number of hydrogen-bond donors (Lipinski definition) is 2. The van der Waals surface area contributed by atoms with Gasteiger partial charge in [0.1, 0.15) is 6.33 Å². The van der Waals surface area contributed by atoms with Gasteiger partial charge in [-0.3, -0.25) is 5.10 Å². The van der Waals surface area contributed by atoms with Crippen molar-refractivity contribution in [2.75, 3.05) is 6.54 Å². The summed E-state index contributed by atoms with van der Waals surface area (Å²) in [4.78, 5) is 16.7. The zero-order valence-electron chi connectivity index (χ0n) is 14.2. The van der Waals surface area contributed by atoms with E-state index < -0.39 is 0 Å². The Balaban J connectivity index is 1.69. The number of nitrogens with one attached hydrogen (secondary N) is 1. The molecule has 0 aliphatic carbocycles. The Hall–Kier alpha value is -3.59. The third-order valence-corrected chi connectivity index (χ3v) is 4.25. The van der Waals surface area contributed by atoms with E-state index in [9.17, 15) is 9.18 Å². The van der Waals surface area contributed by atoms with Gasteiger partial charge in [-0.15, -0.1) is 5.10 Å². The molecule has 9 heteroatoms. The Labute approximate surface area is 152 Å². The molecule has 0 aliphatic heterocycles. The van der Waals surface area contributed by atoms with E-state index in [0.717, 1.165) is 16.7 Å². The first-order chi connectivity index (χ1) is 13.2. The van der Waals surface area contributed by atoms with Crippen molar-refractivity contribution in [3.8, 4) is 22.5 Å². The maximum atomic E-state index is 12.7. The van der Waals surface area contributed by atoms with Crippen molar-refractivity contribution in [1.82, 2.24) is 29.4 Å². The molecule has 0 spiro atoms. The van der Waals surface area contributed by atoms with Gasteiger partial charge in [0.15, 0.2) is 11.5 Å². The molecule has 0 saturated heterocycles. The van der Waals surface area contributed by atoms with Crippen LogP contribution in [0.5, 0.6) is 0 Å². The van der Waals surface area contributed by atoms with Crippen molar-refractivity contribution in [2.24, 2.45) is 5.73 Å². The first-order valence-electron chi connectivity index (χ1n) is 8.23. The van der Waals surface area contributed by atoms with Gasteiger partial charge in [0, 0.05) is 18.3 Å². The summed E-state index contributed by atoms with van der Waals surface area (Å²) in [5.41, 5.74) is 8.59. The molecule has 3 heterocycles. The van der Waals surface area contributed by atoms with Crippen LogP contribution < -0.4 is 11.4 Å². The minimum atomic E-state index is -0.349. The van der Waals surface area contributed by atoms with Crippen molar-refractivity contribution in [3.05, 3.63) is 71.3 Å². The molecule has 0 radical (unpaired) electrons. The largest absolute Gasteiger partial charge is 0.350 e. The topological polar surface area (TPSA) is 107 Å². The fourth-order valence-electron chi connectivity index (χ4n) is 2.79.